The lowest BCUT2D eigenvalue weighted by atomic mass is 9.97. The van der Waals surface area contributed by atoms with Crippen LogP contribution < -0.4 is 5.32 Å². The predicted molar refractivity (Wildman–Crippen MR) is 61.0 cm³/mol. The minimum absolute atomic E-state index is 1.12. The lowest BCUT2D eigenvalue weighted by Crippen LogP contribution is -2.18. The van der Waals surface area contributed by atoms with E-state index in [-0.39, 0.29) is 0 Å². The van der Waals surface area contributed by atoms with Crippen molar-refractivity contribution in [3.8, 4) is 0 Å². The third kappa shape index (κ3) is 1.92. The molecule has 1 heteroatoms. The zero-order valence-electron chi connectivity index (χ0n) is 8.97. The Balaban J connectivity index is 1.95. The van der Waals surface area contributed by atoms with E-state index in [1.807, 2.05) is 0 Å². The number of allylic oxidation sites excluding steroid dienone is 5. The zero-order chi connectivity index (χ0) is 9.80. The van der Waals surface area contributed by atoms with E-state index in [0.717, 1.165) is 13.0 Å². The van der Waals surface area contributed by atoms with Crippen LogP contribution in [-0.4, -0.2) is 6.54 Å². The van der Waals surface area contributed by atoms with Gasteiger partial charge in [-0.25, -0.2) is 0 Å². The van der Waals surface area contributed by atoms with Gasteiger partial charge in [0.2, 0.25) is 0 Å². The van der Waals surface area contributed by atoms with Gasteiger partial charge < -0.3 is 5.32 Å². The third-order valence-electron chi connectivity index (χ3n) is 2.96. The van der Waals surface area contributed by atoms with Gasteiger partial charge in [0.25, 0.3) is 0 Å². The zero-order valence-corrected chi connectivity index (χ0v) is 8.97. The molecule has 0 bridgehead atoms. The lowest BCUT2D eigenvalue weighted by molar-refractivity contribution is 0.703. The van der Waals surface area contributed by atoms with Crippen molar-refractivity contribution in [1.82, 2.24) is 5.32 Å². The van der Waals surface area contributed by atoms with Crippen LogP contribution in [0, 0.1) is 0 Å². The van der Waals surface area contributed by atoms with Gasteiger partial charge in [-0.05, 0) is 36.8 Å². The maximum atomic E-state index is 3.56. The van der Waals surface area contributed by atoms with Crippen molar-refractivity contribution in [3.63, 3.8) is 0 Å². The second kappa shape index (κ2) is 4.50. The molecule has 14 heavy (non-hydrogen) atoms. The number of rotatable bonds is 4. The van der Waals surface area contributed by atoms with Crippen molar-refractivity contribution in [2.45, 2.75) is 39.0 Å². The molecule has 0 saturated heterocycles. The molecule has 0 aromatic rings. The normalized spacial score (nSPS) is 19.6. The van der Waals surface area contributed by atoms with Gasteiger partial charge in [-0.15, -0.1) is 0 Å². The largest absolute Gasteiger partial charge is 0.385 e. The van der Waals surface area contributed by atoms with Gasteiger partial charge in [0, 0.05) is 12.2 Å². The molecule has 0 heterocycles. The lowest BCUT2D eigenvalue weighted by Gasteiger charge is -2.18. The van der Waals surface area contributed by atoms with E-state index in [4.69, 9.17) is 0 Å². The van der Waals surface area contributed by atoms with Crippen molar-refractivity contribution in [2.75, 3.05) is 6.54 Å². The minimum atomic E-state index is 1.12. The molecule has 0 aliphatic heterocycles. The van der Waals surface area contributed by atoms with Gasteiger partial charge in [-0.1, -0.05) is 31.6 Å². The Labute approximate surface area is 86.6 Å². The summed E-state index contributed by atoms with van der Waals surface area (Å²) in [6.07, 6.45) is 13.1. The van der Waals surface area contributed by atoms with Crippen LogP contribution in [-0.2, 0) is 0 Å². The number of hydrogen-bond donors (Lipinski definition) is 1. The minimum Gasteiger partial charge on any atom is -0.385 e. The summed E-state index contributed by atoms with van der Waals surface area (Å²) in [5.74, 6) is 0. The molecule has 76 valence electrons. The van der Waals surface area contributed by atoms with E-state index in [9.17, 15) is 0 Å². The molecule has 0 radical (unpaired) electrons. The average Bonchev–Trinajstić information content (AvgIpc) is 2.67. The van der Waals surface area contributed by atoms with Crippen LogP contribution >= 0.6 is 0 Å². The first-order valence-corrected chi connectivity index (χ1v) is 5.74. The average molecular weight is 189 g/mol. The van der Waals surface area contributed by atoms with E-state index >= 15 is 0 Å². The van der Waals surface area contributed by atoms with Crippen LogP contribution in [0.3, 0.4) is 0 Å². The maximum Gasteiger partial charge on any atom is 0.0338 e. The first-order chi connectivity index (χ1) is 6.92. The van der Waals surface area contributed by atoms with Crippen molar-refractivity contribution >= 4 is 0 Å². The molecule has 2 aliphatic rings. The van der Waals surface area contributed by atoms with Crippen molar-refractivity contribution in [2.24, 2.45) is 0 Å². The van der Waals surface area contributed by atoms with Crippen LogP contribution in [0.5, 0.6) is 0 Å². The number of nitrogens with one attached hydrogen (secondary N) is 1. The van der Waals surface area contributed by atoms with E-state index < -0.39 is 0 Å². The topological polar surface area (TPSA) is 12.0 Å². The van der Waals surface area contributed by atoms with Crippen LogP contribution in [0.25, 0.3) is 0 Å². The van der Waals surface area contributed by atoms with Crippen LogP contribution in [0.1, 0.15) is 39.0 Å². The summed E-state index contributed by atoms with van der Waals surface area (Å²) in [5, 5.41) is 3.56. The molecule has 0 aromatic carbocycles. The monoisotopic (exact) mass is 189 g/mol. The predicted octanol–water partition coefficient (Wildman–Crippen LogP) is 3.31. The first kappa shape index (κ1) is 9.57. The number of hydrogen-bond acceptors (Lipinski definition) is 1. The van der Waals surface area contributed by atoms with Gasteiger partial charge in [0.05, 0.1) is 0 Å². The highest BCUT2D eigenvalue weighted by Crippen LogP contribution is 2.31. The van der Waals surface area contributed by atoms with Crippen molar-refractivity contribution in [3.05, 3.63) is 35.1 Å². The Morgan fingerprint density at radius 3 is 3.21 bits per heavy atom. The maximum absolute atomic E-state index is 3.56. The molecule has 0 aromatic heterocycles. The van der Waals surface area contributed by atoms with E-state index in [2.05, 4.69) is 30.5 Å². The highest BCUT2D eigenvalue weighted by Gasteiger charge is 2.16. The fourth-order valence-corrected chi connectivity index (χ4v) is 2.14. The van der Waals surface area contributed by atoms with E-state index in [1.54, 1.807) is 11.1 Å². The van der Waals surface area contributed by atoms with Crippen LogP contribution in [0.2, 0.25) is 0 Å². The summed E-state index contributed by atoms with van der Waals surface area (Å²) in [6.45, 7) is 3.36. The van der Waals surface area contributed by atoms with Gasteiger partial charge in [-0.2, -0.15) is 0 Å². The summed E-state index contributed by atoms with van der Waals surface area (Å²) >= 11 is 0. The summed E-state index contributed by atoms with van der Waals surface area (Å²) in [6, 6.07) is 0. The van der Waals surface area contributed by atoms with Crippen molar-refractivity contribution in [1.29, 1.82) is 0 Å². The molecule has 0 spiro atoms. The molecule has 0 unspecified atom stereocenters. The summed E-state index contributed by atoms with van der Waals surface area (Å²) in [5.41, 5.74) is 4.52. The quantitative estimate of drug-likeness (QED) is 0.669. The van der Waals surface area contributed by atoms with E-state index in [1.165, 1.54) is 31.4 Å². The Morgan fingerprint density at radius 1 is 1.43 bits per heavy atom. The summed E-state index contributed by atoms with van der Waals surface area (Å²) in [4.78, 5) is 0. The Bertz CT molecular complexity index is 294. The smallest absolute Gasteiger partial charge is 0.0338 e. The van der Waals surface area contributed by atoms with Crippen LogP contribution in [0.15, 0.2) is 35.1 Å². The molecular weight excluding hydrogens is 170 g/mol. The first-order valence-electron chi connectivity index (χ1n) is 5.74. The molecule has 2 rings (SSSR count). The number of unbranched alkanes of at least 4 members (excludes halogenated alkanes) is 1. The van der Waals surface area contributed by atoms with Crippen molar-refractivity contribution < 1.29 is 0 Å². The van der Waals surface area contributed by atoms with E-state index in [0.29, 0.717) is 0 Å². The highest BCUT2D eigenvalue weighted by atomic mass is 14.9. The van der Waals surface area contributed by atoms with Gasteiger partial charge in [0.1, 0.15) is 0 Å². The fourth-order valence-electron chi connectivity index (χ4n) is 2.14. The molecule has 0 amide bonds. The second-order valence-corrected chi connectivity index (χ2v) is 4.05. The highest BCUT2D eigenvalue weighted by molar-refractivity contribution is 5.47. The molecule has 2 aliphatic carbocycles. The molecule has 0 saturated carbocycles. The SMILES string of the molecule is CCCCNC1=CCCC2=C1CC=C2. The second-order valence-electron chi connectivity index (χ2n) is 4.05. The van der Waals surface area contributed by atoms with Gasteiger partial charge in [-0.3, -0.25) is 0 Å². The Morgan fingerprint density at radius 2 is 2.36 bits per heavy atom. The Kier molecular flexibility index (Phi) is 3.07. The summed E-state index contributed by atoms with van der Waals surface area (Å²) in [7, 11) is 0. The summed E-state index contributed by atoms with van der Waals surface area (Å²) < 4.78 is 0. The molecule has 1 nitrogen and oxygen atoms in total. The van der Waals surface area contributed by atoms with Gasteiger partial charge >= 0.3 is 0 Å². The molecule has 0 fully saturated rings. The third-order valence-corrected chi connectivity index (χ3v) is 2.96. The fraction of sp³-hybridized carbons (Fsp3) is 0.538. The standard InChI is InChI=1S/C13H19N/c1-2-3-10-14-13-9-5-7-11-6-4-8-12(11)13/h4,6,9,14H,2-3,5,7-8,10H2,1H3. The Hall–Kier alpha value is -0.980. The molecular formula is C13H19N. The molecule has 1 N–H and O–H groups in total. The van der Waals surface area contributed by atoms with Gasteiger partial charge in [0.15, 0.2) is 0 Å². The molecule has 0 atom stereocenters. The van der Waals surface area contributed by atoms with Crippen LogP contribution in [0.4, 0.5) is 0 Å².